The molecule has 3 rings (SSSR count). The van der Waals surface area contributed by atoms with E-state index in [2.05, 4.69) is 10.2 Å². The Labute approximate surface area is 197 Å². The second kappa shape index (κ2) is 10.7. The van der Waals surface area contributed by atoms with Gasteiger partial charge in [-0.15, -0.1) is 0 Å². The highest BCUT2D eigenvalue weighted by molar-refractivity contribution is 7.89. The highest BCUT2D eigenvalue weighted by Gasteiger charge is 2.25. The topological polar surface area (TPSA) is 78.9 Å². The van der Waals surface area contributed by atoms with Gasteiger partial charge in [0.1, 0.15) is 5.75 Å². The van der Waals surface area contributed by atoms with E-state index in [4.69, 9.17) is 4.74 Å². The third-order valence-electron chi connectivity index (χ3n) is 6.43. The van der Waals surface area contributed by atoms with E-state index < -0.39 is 10.0 Å². The lowest BCUT2D eigenvalue weighted by molar-refractivity contribution is 0.0924. The summed E-state index contributed by atoms with van der Waals surface area (Å²) in [6.45, 7) is 6.01. The standard InChI is InChI=1S/C25H35N3O4S/c1-18-15-21(16-24(19(18)2)33(30,31)27(3)4)25(29)26-17-23(28-13-7-6-8-14-28)20-9-11-22(32-5)12-10-20/h9-12,15-16,23H,6-8,13-14,17H2,1-5H3,(H,26,29). The van der Waals surface area contributed by atoms with Gasteiger partial charge in [-0.25, -0.2) is 12.7 Å². The van der Waals surface area contributed by atoms with Crippen LogP contribution in [-0.4, -0.2) is 64.4 Å². The van der Waals surface area contributed by atoms with Gasteiger partial charge in [-0.05, 0) is 80.7 Å². The molecule has 1 saturated heterocycles. The van der Waals surface area contributed by atoms with E-state index in [1.807, 2.05) is 31.2 Å². The van der Waals surface area contributed by atoms with E-state index in [0.29, 0.717) is 17.7 Å². The molecule has 180 valence electrons. The van der Waals surface area contributed by atoms with Crippen molar-refractivity contribution in [1.82, 2.24) is 14.5 Å². The number of piperidine rings is 1. The van der Waals surface area contributed by atoms with E-state index in [-0.39, 0.29) is 16.8 Å². The van der Waals surface area contributed by atoms with Crippen LogP contribution in [0.4, 0.5) is 0 Å². The third-order valence-corrected chi connectivity index (χ3v) is 8.37. The van der Waals surface area contributed by atoms with Crippen LogP contribution >= 0.6 is 0 Å². The number of nitrogens with one attached hydrogen (secondary N) is 1. The maximum Gasteiger partial charge on any atom is 0.251 e. The number of hydrogen-bond donors (Lipinski definition) is 1. The summed E-state index contributed by atoms with van der Waals surface area (Å²) in [7, 11) is 0.984. The van der Waals surface area contributed by atoms with Crippen LogP contribution in [0.25, 0.3) is 0 Å². The SMILES string of the molecule is COc1ccc(C(CNC(=O)c2cc(C)c(C)c(S(=O)(=O)N(C)C)c2)N2CCCCC2)cc1. The van der Waals surface area contributed by atoms with Gasteiger partial charge in [0.25, 0.3) is 5.91 Å². The Morgan fingerprint density at radius 2 is 1.73 bits per heavy atom. The lowest BCUT2D eigenvalue weighted by Crippen LogP contribution is -2.40. The van der Waals surface area contributed by atoms with E-state index in [1.54, 1.807) is 20.1 Å². The zero-order chi connectivity index (χ0) is 24.2. The van der Waals surface area contributed by atoms with E-state index in [1.165, 1.54) is 30.9 Å². The van der Waals surface area contributed by atoms with Crippen LogP contribution < -0.4 is 10.1 Å². The van der Waals surface area contributed by atoms with Crippen LogP contribution in [0.15, 0.2) is 41.3 Å². The number of nitrogens with zero attached hydrogens (tertiary/aromatic N) is 2. The van der Waals surface area contributed by atoms with Crippen LogP contribution in [0.3, 0.4) is 0 Å². The highest BCUT2D eigenvalue weighted by Crippen LogP contribution is 2.27. The predicted octanol–water partition coefficient (Wildman–Crippen LogP) is 3.52. The van der Waals surface area contributed by atoms with Gasteiger partial charge < -0.3 is 10.1 Å². The molecule has 1 aliphatic rings. The molecule has 1 atom stereocenters. The van der Waals surface area contributed by atoms with Gasteiger partial charge in [-0.2, -0.15) is 0 Å². The molecule has 1 unspecified atom stereocenters. The summed E-state index contributed by atoms with van der Waals surface area (Å²) in [4.78, 5) is 15.7. The summed E-state index contributed by atoms with van der Waals surface area (Å²) in [6.07, 6.45) is 3.51. The van der Waals surface area contributed by atoms with Crippen molar-refractivity contribution >= 4 is 15.9 Å². The number of hydrogen-bond acceptors (Lipinski definition) is 5. The van der Waals surface area contributed by atoms with Crippen molar-refractivity contribution in [2.45, 2.75) is 44.0 Å². The second-order valence-electron chi connectivity index (χ2n) is 8.80. The van der Waals surface area contributed by atoms with Gasteiger partial charge in [0, 0.05) is 26.2 Å². The average molecular weight is 474 g/mol. The molecule has 8 heteroatoms. The minimum Gasteiger partial charge on any atom is -0.497 e. The number of likely N-dealkylation sites (tertiary alicyclic amines) is 1. The fourth-order valence-corrected chi connectivity index (χ4v) is 5.45. The largest absolute Gasteiger partial charge is 0.497 e. The molecular formula is C25H35N3O4S. The molecule has 0 aliphatic carbocycles. The molecule has 7 nitrogen and oxygen atoms in total. The quantitative estimate of drug-likeness (QED) is 0.635. The minimum absolute atomic E-state index is 0.0386. The van der Waals surface area contributed by atoms with Crippen molar-refractivity contribution in [3.8, 4) is 5.75 Å². The molecule has 1 amide bonds. The summed E-state index contributed by atoms with van der Waals surface area (Å²) in [5.41, 5.74) is 2.90. The number of methoxy groups -OCH3 is 1. The molecule has 0 aromatic heterocycles. The van der Waals surface area contributed by atoms with E-state index >= 15 is 0 Å². The number of aryl methyl sites for hydroxylation is 1. The summed E-state index contributed by atoms with van der Waals surface area (Å²) >= 11 is 0. The summed E-state index contributed by atoms with van der Waals surface area (Å²) in [5, 5.41) is 3.06. The molecule has 33 heavy (non-hydrogen) atoms. The molecule has 1 heterocycles. The van der Waals surface area contributed by atoms with Crippen molar-refractivity contribution in [3.05, 3.63) is 58.7 Å². The molecule has 2 aromatic rings. The molecule has 0 spiro atoms. The van der Waals surface area contributed by atoms with Crippen molar-refractivity contribution in [3.63, 3.8) is 0 Å². The number of carbonyl (C=O) groups is 1. The van der Waals surface area contributed by atoms with Crippen molar-refractivity contribution in [2.75, 3.05) is 40.8 Å². The lowest BCUT2D eigenvalue weighted by Gasteiger charge is -2.35. The highest BCUT2D eigenvalue weighted by atomic mass is 32.2. The van der Waals surface area contributed by atoms with Crippen LogP contribution in [0.1, 0.15) is 52.4 Å². The number of rotatable bonds is 8. The van der Waals surface area contributed by atoms with Crippen molar-refractivity contribution < 1.29 is 17.9 Å². The molecule has 0 bridgehead atoms. The smallest absolute Gasteiger partial charge is 0.251 e. The first kappa shape index (κ1) is 25.2. The maximum absolute atomic E-state index is 13.1. The molecule has 1 fully saturated rings. The zero-order valence-electron chi connectivity index (χ0n) is 20.2. The van der Waals surface area contributed by atoms with E-state index in [9.17, 15) is 13.2 Å². The first-order valence-corrected chi connectivity index (χ1v) is 12.8. The normalized spacial score (nSPS) is 15.9. The lowest BCUT2D eigenvalue weighted by atomic mass is 10.0. The Hall–Kier alpha value is -2.42. The van der Waals surface area contributed by atoms with Crippen LogP contribution in [0.2, 0.25) is 0 Å². The number of carbonyl (C=O) groups excluding carboxylic acids is 1. The fourth-order valence-electron chi connectivity index (χ4n) is 4.23. The van der Waals surface area contributed by atoms with Crippen molar-refractivity contribution in [1.29, 1.82) is 0 Å². The maximum atomic E-state index is 13.1. The first-order chi connectivity index (χ1) is 15.6. The number of amides is 1. The van der Waals surface area contributed by atoms with Gasteiger partial charge in [-0.3, -0.25) is 9.69 Å². The van der Waals surface area contributed by atoms with Crippen LogP contribution in [-0.2, 0) is 10.0 Å². The molecular weight excluding hydrogens is 438 g/mol. The van der Waals surface area contributed by atoms with Gasteiger partial charge in [0.05, 0.1) is 18.0 Å². The number of benzene rings is 2. The zero-order valence-corrected chi connectivity index (χ0v) is 21.0. The molecule has 1 aliphatic heterocycles. The Bertz CT molecular complexity index is 1080. The van der Waals surface area contributed by atoms with Crippen LogP contribution in [0, 0.1) is 13.8 Å². The van der Waals surface area contributed by atoms with Crippen LogP contribution in [0.5, 0.6) is 5.75 Å². The average Bonchev–Trinajstić information content (AvgIpc) is 2.81. The Kier molecular flexibility index (Phi) is 8.15. The van der Waals surface area contributed by atoms with Gasteiger partial charge in [-0.1, -0.05) is 18.6 Å². The predicted molar refractivity (Wildman–Crippen MR) is 130 cm³/mol. The van der Waals surface area contributed by atoms with Gasteiger partial charge in [0.2, 0.25) is 10.0 Å². The summed E-state index contributed by atoms with van der Waals surface area (Å²) in [6, 6.07) is 11.2. The third kappa shape index (κ3) is 5.75. The van der Waals surface area contributed by atoms with Gasteiger partial charge >= 0.3 is 0 Å². The summed E-state index contributed by atoms with van der Waals surface area (Å²) in [5.74, 6) is 0.522. The minimum atomic E-state index is -3.65. The monoisotopic (exact) mass is 473 g/mol. The molecule has 0 saturated carbocycles. The Balaban J connectivity index is 1.84. The van der Waals surface area contributed by atoms with E-state index in [0.717, 1.165) is 42.8 Å². The number of sulfonamides is 1. The Morgan fingerprint density at radius 3 is 2.30 bits per heavy atom. The Morgan fingerprint density at radius 1 is 1.09 bits per heavy atom. The molecule has 2 aromatic carbocycles. The fraction of sp³-hybridized carbons (Fsp3) is 0.480. The second-order valence-corrected chi connectivity index (χ2v) is 10.9. The van der Waals surface area contributed by atoms with Crippen molar-refractivity contribution in [2.24, 2.45) is 0 Å². The first-order valence-electron chi connectivity index (χ1n) is 11.3. The van der Waals surface area contributed by atoms with Gasteiger partial charge in [0.15, 0.2) is 0 Å². The molecule has 0 radical (unpaired) electrons. The molecule has 1 N–H and O–H groups in total. The number of ether oxygens (including phenoxy) is 1. The summed E-state index contributed by atoms with van der Waals surface area (Å²) < 4.78 is 32.0.